The summed E-state index contributed by atoms with van der Waals surface area (Å²) in [6, 6.07) is 5.62. The quantitative estimate of drug-likeness (QED) is 0.844. The van der Waals surface area contributed by atoms with Gasteiger partial charge < -0.3 is 15.2 Å². The van der Waals surface area contributed by atoms with Gasteiger partial charge in [0.05, 0.1) is 6.42 Å². The summed E-state index contributed by atoms with van der Waals surface area (Å²) in [6.07, 6.45) is -6.20. The topological polar surface area (TPSA) is 75.6 Å². The summed E-state index contributed by atoms with van der Waals surface area (Å²) in [4.78, 5) is 21.5. The van der Waals surface area contributed by atoms with Crippen LogP contribution in [-0.2, 0) is 9.59 Å². The predicted octanol–water partition coefficient (Wildman–Crippen LogP) is 2.43. The van der Waals surface area contributed by atoms with Crippen molar-refractivity contribution < 1.29 is 32.6 Å². The summed E-state index contributed by atoms with van der Waals surface area (Å²) in [6.45, 7) is -0.503. The third kappa shape index (κ3) is 6.62. The molecule has 0 saturated carbocycles. The molecule has 1 rings (SSSR count). The molecule has 110 valence electrons. The highest BCUT2D eigenvalue weighted by Gasteiger charge is 2.27. The van der Waals surface area contributed by atoms with E-state index in [2.05, 4.69) is 5.32 Å². The lowest BCUT2D eigenvalue weighted by atomic mass is 10.2. The van der Waals surface area contributed by atoms with E-state index in [-0.39, 0.29) is 5.75 Å². The molecule has 8 heteroatoms. The molecule has 5 nitrogen and oxygen atoms in total. The number of nitrogens with one attached hydrogen (secondary N) is 1. The molecule has 0 aliphatic heterocycles. The molecule has 0 aliphatic rings. The number of carbonyl (C=O) groups excluding carboxylic acids is 1. The molecule has 1 amide bonds. The molecule has 0 aliphatic carbocycles. The van der Waals surface area contributed by atoms with Crippen molar-refractivity contribution in [3.05, 3.63) is 24.3 Å². The van der Waals surface area contributed by atoms with E-state index < -0.39 is 37.5 Å². The third-order valence-electron chi connectivity index (χ3n) is 2.14. The van der Waals surface area contributed by atoms with Gasteiger partial charge in [0.2, 0.25) is 5.91 Å². The van der Waals surface area contributed by atoms with E-state index in [9.17, 15) is 22.8 Å². The Morgan fingerprint density at radius 2 is 1.80 bits per heavy atom. The standard InChI is InChI=1S/C12H12F3NO4/c13-12(14,15)6-5-10(17)16-8-1-3-9(4-2-8)20-7-11(18)19/h1-4H,5-7H2,(H,16,17)(H,18,19). The van der Waals surface area contributed by atoms with Gasteiger partial charge >= 0.3 is 12.1 Å². The fourth-order valence-electron chi connectivity index (χ4n) is 1.26. The van der Waals surface area contributed by atoms with Gasteiger partial charge in [0.15, 0.2) is 6.61 Å². The highest BCUT2D eigenvalue weighted by Crippen LogP contribution is 2.22. The normalized spacial score (nSPS) is 10.9. The van der Waals surface area contributed by atoms with Crippen LogP contribution in [0, 0.1) is 0 Å². The second kappa shape index (κ2) is 6.78. The second-order valence-electron chi connectivity index (χ2n) is 3.87. The van der Waals surface area contributed by atoms with E-state index in [1.165, 1.54) is 24.3 Å². The number of hydrogen-bond donors (Lipinski definition) is 2. The molecule has 0 saturated heterocycles. The Bertz CT molecular complexity index is 471. The minimum absolute atomic E-state index is 0.278. The van der Waals surface area contributed by atoms with Crippen LogP contribution in [0.2, 0.25) is 0 Å². The summed E-state index contributed by atoms with van der Waals surface area (Å²) in [5, 5.41) is 10.7. The molecule has 0 radical (unpaired) electrons. The van der Waals surface area contributed by atoms with Crippen LogP contribution in [0.15, 0.2) is 24.3 Å². The third-order valence-corrected chi connectivity index (χ3v) is 2.14. The molecule has 0 spiro atoms. The van der Waals surface area contributed by atoms with Gasteiger partial charge in [-0.15, -0.1) is 0 Å². The first-order valence-corrected chi connectivity index (χ1v) is 5.57. The van der Waals surface area contributed by atoms with Crippen LogP contribution < -0.4 is 10.1 Å². The highest BCUT2D eigenvalue weighted by atomic mass is 19.4. The molecule has 2 N–H and O–H groups in total. The van der Waals surface area contributed by atoms with Crippen LogP contribution in [0.1, 0.15) is 12.8 Å². The van der Waals surface area contributed by atoms with Crippen LogP contribution in [0.25, 0.3) is 0 Å². The number of hydrogen-bond acceptors (Lipinski definition) is 3. The molecule has 0 unspecified atom stereocenters. The number of alkyl halides is 3. The number of benzene rings is 1. The fourth-order valence-corrected chi connectivity index (χ4v) is 1.26. The van der Waals surface area contributed by atoms with E-state index >= 15 is 0 Å². The van der Waals surface area contributed by atoms with Gasteiger partial charge in [-0.05, 0) is 24.3 Å². The van der Waals surface area contributed by atoms with Gasteiger partial charge in [0.25, 0.3) is 0 Å². The molecule has 1 aromatic carbocycles. The van der Waals surface area contributed by atoms with Crippen molar-refractivity contribution in [1.29, 1.82) is 0 Å². The summed E-state index contributed by atoms with van der Waals surface area (Å²) in [5.41, 5.74) is 0.305. The Kier molecular flexibility index (Phi) is 5.36. The Morgan fingerprint density at radius 3 is 2.30 bits per heavy atom. The number of amides is 1. The molecule has 0 heterocycles. The largest absolute Gasteiger partial charge is 0.482 e. The zero-order valence-electron chi connectivity index (χ0n) is 10.2. The SMILES string of the molecule is O=C(O)COc1ccc(NC(=O)CCC(F)(F)F)cc1. The first-order chi connectivity index (χ1) is 9.26. The van der Waals surface area contributed by atoms with Crippen LogP contribution in [-0.4, -0.2) is 29.8 Å². The summed E-state index contributed by atoms with van der Waals surface area (Å²) in [7, 11) is 0. The number of carboxylic acid groups (broad SMARTS) is 1. The molecule has 0 aromatic heterocycles. The van der Waals surface area contributed by atoms with Crippen LogP contribution >= 0.6 is 0 Å². The van der Waals surface area contributed by atoms with Crippen LogP contribution in [0.5, 0.6) is 5.75 Å². The average Bonchev–Trinajstić information content (AvgIpc) is 2.35. The van der Waals surface area contributed by atoms with Crippen molar-refractivity contribution in [3.8, 4) is 5.75 Å². The molecule has 0 atom stereocenters. The lowest BCUT2D eigenvalue weighted by molar-refractivity contribution is -0.142. The number of halogens is 3. The maximum absolute atomic E-state index is 11.9. The lowest BCUT2D eigenvalue weighted by Crippen LogP contribution is -2.16. The van der Waals surface area contributed by atoms with Crippen LogP contribution in [0.4, 0.5) is 18.9 Å². The van der Waals surface area contributed by atoms with E-state index in [0.717, 1.165) is 0 Å². The van der Waals surface area contributed by atoms with Gasteiger partial charge in [0.1, 0.15) is 5.75 Å². The molecular formula is C12H12F3NO4. The highest BCUT2D eigenvalue weighted by molar-refractivity contribution is 5.90. The summed E-state index contributed by atoms with van der Waals surface area (Å²) in [5.74, 6) is -1.60. The van der Waals surface area contributed by atoms with E-state index in [0.29, 0.717) is 5.69 Å². The first-order valence-electron chi connectivity index (χ1n) is 5.57. The van der Waals surface area contributed by atoms with Crippen molar-refractivity contribution in [1.82, 2.24) is 0 Å². The Labute approximate surface area is 112 Å². The number of aliphatic carboxylic acids is 1. The maximum atomic E-state index is 11.9. The molecular weight excluding hydrogens is 279 g/mol. The van der Waals surface area contributed by atoms with Crippen molar-refractivity contribution in [2.75, 3.05) is 11.9 Å². The summed E-state index contributed by atoms with van der Waals surface area (Å²) < 4.78 is 40.6. The Balaban J connectivity index is 2.44. The summed E-state index contributed by atoms with van der Waals surface area (Å²) >= 11 is 0. The molecule has 1 aromatic rings. The van der Waals surface area contributed by atoms with E-state index in [1.54, 1.807) is 0 Å². The fraction of sp³-hybridized carbons (Fsp3) is 0.333. The smallest absolute Gasteiger partial charge is 0.389 e. The lowest BCUT2D eigenvalue weighted by Gasteiger charge is -2.08. The number of carbonyl (C=O) groups is 2. The van der Waals surface area contributed by atoms with Gasteiger partial charge in [0, 0.05) is 12.1 Å². The monoisotopic (exact) mass is 291 g/mol. The van der Waals surface area contributed by atoms with Gasteiger partial charge in [-0.25, -0.2) is 4.79 Å². The van der Waals surface area contributed by atoms with Crippen LogP contribution in [0.3, 0.4) is 0 Å². The number of anilines is 1. The van der Waals surface area contributed by atoms with Crippen molar-refractivity contribution in [2.45, 2.75) is 19.0 Å². The first kappa shape index (κ1) is 15.8. The zero-order valence-corrected chi connectivity index (χ0v) is 10.2. The van der Waals surface area contributed by atoms with Gasteiger partial charge in [-0.3, -0.25) is 4.79 Å². The number of ether oxygens (including phenoxy) is 1. The van der Waals surface area contributed by atoms with Gasteiger partial charge in [-0.1, -0.05) is 0 Å². The second-order valence-corrected chi connectivity index (χ2v) is 3.87. The number of carboxylic acids is 1. The average molecular weight is 291 g/mol. The van der Waals surface area contributed by atoms with Crippen molar-refractivity contribution >= 4 is 17.6 Å². The Morgan fingerprint density at radius 1 is 1.20 bits per heavy atom. The van der Waals surface area contributed by atoms with Crippen molar-refractivity contribution in [3.63, 3.8) is 0 Å². The minimum Gasteiger partial charge on any atom is -0.482 e. The maximum Gasteiger partial charge on any atom is 0.389 e. The minimum atomic E-state index is -4.37. The van der Waals surface area contributed by atoms with Gasteiger partial charge in [-0.2, -0.15) is 13.2 Å². The predicted molar refractivity (Wildman–Crippen MR) is 63.5 cm³/mol. The Hall–Kier alpha value is -2.25. The molecule has 20 heavy (non-hydrogen) atoms. The zero-order chi connectivity index (χ0) is 15.2. The van der Waals surface area contributed by atoms with E-state index in [1.807, 2.05) is 0 Å². The molecule has 0 fully saturated rings. The van der Waals surface area contributed by atoms with Crippen molar-refractivity contribution in [2.24, 2.45) is 0 Å². The number of rotatable bonds is 6. The van der Waals surface area contributed by atoms with E-state index in [4.69, 9.17) is 9.84 Å². The molecule has 0 bridgehead atoms.